The van der Waals surface area contributed by atoms with Gasteiger partial charge in [-0.05, 0) is 6.92 Å². The van der Waals surface area contributed by atoms with Crippen molar-refractivity contribution >= 4 is 26.0 Å². The second-order valence-electron chi connectivity index (χ2n) is 2.10. The van der Waals surface area contributed by atoms with Gasteiger partial charge in [0, 0.05) is 0 Å². The first kappa shape index (κ1) is 12.8. The molecule has 0 aliphatic carbocycles. The summed E-state index contributed by atoms with van der Waals surface area (Å²) < 4.78 is 18.4. The molecule has 2 atom stereocenters. The molecule has 0 aromatic heterocycles. The number of phosphoric ester groups is 1. The van der Waals surface area contributed by atoms with Crippen LogP contribution >= 0.6 is 7.82 Å². The number of carboxylic acids is 1. The Morgan fingerprint density at radius 2 is 2.00 bits per heavy atom. The van der Waals surface area contributed by atoms with E-state index in [2.05, 4.69) is 9.05 Å². The zero-order chi connectivity index (χ0) is 11.4. The van der Waals surface area contributed by atoms with Gasteiger partial charge in [-0.15, -0.1) is 0 Å². The highest BCUT2D eigenvalue weighted by Crippen LogP contribution is 2.44. The van der Waals surface area contributed by atoms with E-state index in [1.807, 2.05) is 0 Å². The SMILES string of the molecule is CC(C=O)OP(=O)(O)OC(=O)C(=O)O. The van der Waals surface area contributed by atoms with Crippen molar-refractivity contribution in [2.24, 2.45) is 0 Å². The first-order valence-electron chi connectivity index (χ1n) is 3.22. The largest absolute Gasteiger partial charge is 0.530 e. The quantitative estimate of drug-likeness (QED) is 0.366. The van der Waals surface area contributed by atoms with Gasteiger partial charge in [0.25, 0.3) is 0 Å². The van der Waals surface area contributed by atoms with Crippen molar-refractivity contribution in [1.29, 1.82) is 0 Å². The molecule has 2 N–H and O–H groups in total. The number of carbonyl (C=O) groups is 3. The number of carbonyl (C=O) groups excluding carboxylic acids is 2. The molecule has 0 aromatic carbocycles. The molecule has 0 aliphatic heterocycles. The number of hydrogen-bond donors (Lipinski definition) is 2. The molecular weight excluding hydrogens is 219 g/mol. The fourth-order valence-electron chi connectivity index (χ4n) is 0.400. The minimum atomic E-state index is -4.84. The predicted molar refractivity (Wildman–Crippen MR) is 40.2 cm³/mol. The minimum Gasteiger partial charge on any atom is -0.473 e. The maximum atomic E-state index is 10.8. The second-order valence-corrected chi connectivity index (χ2v) is 3.43. The summed E-state index contributed by atoms with van der Waals surface area (Å²) in [7, 11) is -4.84. The lowest BCUT2D eigenvalue weighted by atomic mass is 10.5. The molecule has 0 aliphatic rings. The number of aliphatic carboxylic acids is 1. The van der Waals surface area contributed by atoms with Crippen LogP contribution in [0, 0.1) is 0 Å². The summed E-state index contributed by atoms with van der Waals surface area (Å²) in [6, 6.07) is 0. The third kappa shape index (κ3) is 4.70. The number of phosphoric acid groups is 1. The Labute approximate surface area is 78.0 Å². The Bertz CT molecular complexity index is 296. The van der Waals surface area contributed by atoms with Crippen LogP contribution in [0.25, 0.3) is 0 Å². The van der Waals surface area contributed by atoms with Gasteiger partial charge < -0.3 is 14.4 Å². The van der Waals surface area contributed by atoms with Crippen molar-refractivity contribution in [2.45, 2.75) is 13.0 Å². The van der Waals surface area contributed by atoms with Gasteiger partial charge in [0.05, 0.1) is 0 Å². The van der Waals surface area contributed by atoms with Crippen molar-refractivity contribution < 1.29 is 38.0 Å². The fourth-order valence-corrected chi connectivity index (χ4v) is 1.20. The highest BCUT2D eigenvalue weighted by molar-refractivity contribution is 7.48. The van der Waals surface area contributed by atoms with Crippen LogP contribution in [0.3, 0.4) is 0 Å². The van der Waals surface area contributed by atoms with Crippen molar-refractivity contribution in [1.82, 2.24) is 0 Å². The minimum absolute atomic E-state index is 0.178. The Morgan fingerprint density at radius 3 is 2.36 bits per heavy atom. The van der Waals surface area contributed by atoms with Crippen molar-refractivity contribution in [2.75, 3.05) is 0 Å². The Kier molecular flexibility index (Phi) is 4.42. The maximum Gasteiger partial charge on any atom is 0.530 e. The first-order valence-corrected chi connectivity index (χ1v) is 4.71. The van der Waals surface area contributed by atoms with Crippen molar-refractivity contribution in [3.05, 3.63) is 0 Å². The molecule has 0 radical (unpaired) electrons. The topological polar surface area (TPSA) is 127 Å². The molecule has 0 bridgehead atoms. The van der Waals surface area contributed by atoms with Crippen molar-refractivity contribution in [3.8, 4) is 0 Å². The van der Waals surface area contributed by atoms with Gasteiger partial charge >= 0.3 is 19.8 Å². The molecule has 80 valence electrons. The lowest BCUT2D eigenvalue weighted by molar-refractivity contribution is -0.159. The molecular formula is C5H7O8P. The predicted octanol–water partition coefficient (Wildman–Crippen LogP) is -0.681. The van der Waals surface area contributed by atoms with E-state index >= 15 is 0 Å². The Morgan fingerprint density at radius 1 is 1.50 bits per heavy atom. The molecule has 9 heteroatoms. The second kappa shape index (κ2) is 4.85. The van der Waals surface area contributed by atoms with Gasteiger partial charge in [-0.2, -0.15) is 0 Å². The molecule has 0 aromatic rings. The molecule has 0 amide bonds. The van der Waals surface area contributed by atoms with E-state index < -0.39 is 25.9 Å². The lowest BCUT2D eigenvalue weighted by Crippen LogP contribution is -2.17. The number of carboxylic acid groups (broad SMARTS) is 1. The normalized spacial score (nSPS) is 16.4. The summed E-state index contributed by atoms with van der Waals surface area (Å²) in [5.74, 6) is -3.98. The Balaban J connectivity index is 4.35. The van der Waals surface area contributed by atoms with Gasteiger partial charge in [-0.1, -0.05) is 0 Å². The van der Waals surface area contributed by atoms with E-state index in [0.717, 1.165) is 6.92 Å². The van der Waals surface area contributed by atoms with Crippen LogP contribution in [0.15, 0.2) is 0 Å². The van der Waals surface area contributed by atoms with Crippen LogP contribution in [0.5, 0.6) is 0 Å². The molecule has 0 heterocycles. The standard InChI is InChI=1S/C5H7O8P/c1-3(2-6)12-14(10,11)13-5(9)4(7)8/h2-3H,1H3,(H,7,8)(H,10,11). The molecule has 8 nitrogen and oxygen atoms in total. The van der Waals surface area contributed by atoms with Gasteiger partial charge in [-0.3, -0.25) is 9.42 Å². The average Bonchev–Trinajstić information content (AvgIpc) is 2.02. The van der Waals surface area contributed by atoms with Gasteiger partial charge in [0.15, 0.2) is 0 Å². The third-order valence-corrected chi connectivity index (χ3v) is 1.86. The van der Waals surface area contributed by atoms with Gasteiger partial charge in [-0.25, -0.2) is 14.2 Å². The van der Waals surface area contributed by atoms with E-state index in [9.17, 15) is 18.9 Å². The monoisotopic (exact) mass is 226 g/mol. The summed E-state index contributed by atoms with van der Waals surface area (Å²) >= 11 is 0. The Hall–Kier alpha value is -1.24. The molecule has 0 saturated heterocycles. The molecule has 0 spiro atoms. The number of hydrogen-bond acceptors (Lipinski definition) is 6. The van der Waals surface area contributed by atoms with E-state index in [1.165, 1.54) is 0 Å². The smallest absolute Gasteiger partial charge is 0.473 e. The van der Waals surface area contributed by atoms with E-state index in [-0.39, 0.29) is 6.29 Å². The summed E-state index contributed by atoms with van der Waals surface area (Å²) in [4.78, 5) is 38.9. The van der Waals surface area contributed by atoms with Crippen LogP contribution in [-0.2, 0) is 28.0 Å². The summed E-state index contributed by atoms with van der Waals surface area (Å²) in [6.07, 6.45) is -1.11. The average molecular weight is 226 g/mol. The summed E-state index contributed by atoms with van der Waals surface area (Å²) in [5, 5.41) is 8.00. The van der Waals surface area contributed by atoms with Crippen molar-refractivity contribution in [3.63, 3.8) is 0 Å². The van der Waals surface area contributed by atoms with E-state index in [4.69, 9.17) is 10.00 Å². The summed E-state index contributed by atoms with van der Waals surface area (Å²) in [5.41, 5.74) is 0. The highest BCUT2D eigenvalue weighted by Gasteiger charge is 2.31. The maximum absolute atomic E-state index is 10.8. The highest BCUT2D eigenvalue weighted by atomic mass is 31.2. The van der Waals surface area contributed by atoms with E-state index in [1.54, 1.807) is 0 Å². The van der Waals surface area contributed by atoms with E-state index in [0.29, 0.717) is 0 Å². The summed E-state index contributed by atoms with van der Waals surface area (Å²) in [6.45, 7) is 1.12. The van der Waals surface area contributed by atoms with Gasteiger partial charge in [0.2, 0.25) is 0 Å². The first-order chi connectivity index (χ1) is 6.28. The van der Waals surface area contributed by atoms with Gasteiger partial charge in [0.1, 0.15) is 12.4 Å². The van der Waals surface area contributed by atoms with Crippen LogP contribution in [-0.4, -0.2) is 34.3 Å². The number of aldehydes is 1. The van der Waals surface area contributed by atoms with Crippen LogP contribution in [0.1, 0.15) is 6.92 Å². The van der Waals surface area contributed by atoms with Crippen LogP contribution in [0.4, 0.5) is 0 Å². The number of rotatable bonds is 4. The fraction of sp³-hybridized carbons (Fsp3) is 0.400. The molecule has 0 rings (SSSR count). The zero-order valence-electron chi connectivity index (χ0n) is 6.95. The molecule has 0 fully saturated rings. The lowest BCUT2D eigenvalue weighted by Gasteiger charge is -2.11. The third-order valence-electron chi connectivity index (χ3n) is 0.864. The van der Waals surface area contributed by atoms with Crippen LogP contribution in [0.2, 0.25) is 0 Å². The molecule has 2 unspecified atom stereocenters. The molecule has 14 heavy (non-hydrogen) atoms. The molecule has 0 saturated carbocycles. The zero-order valence-corrected chi connectivity index (χ0v) is 7.84. The van der Waals surface area contributed by atoms with Crippen LogP contribution < -0.4 is 0 Å².